The first-order valence-electron chi connectivity index (χ1n) is 11.9. The van der Waals surface area contributed by atoms with E-state index in [0.29, 0.717) is 23.7 Å². The summed E-state index contributed by atoms with van der Waals surface area (Å²) in [6.45, 7) is 1.92. The number of aryl methyl sites for hydroxylation is 1. The highest BCUT2D eigenvalue weighted by Crippen LogP contribution is 2.31. The normalized spacial score (nSPS) is 11.7. The molecule has 6 nitrogen and oxygen atoms in total. The molecule has 0 aliphatic carbocycles. The molecule has 0 saturated heterocycles. The fourth-order valence-electron chi connectivity index (χ4n) is 3.88. The number of hydrogen-bond acceptors (Lipinski definition) is 6. The van der Waals surface area contributed by atoms with Gasteiger partial charge in [0.1, 0.15) is 0 Å². The minimum absolute atomic E-state index is 0.335. The van der Waals surface area contributed by atoms with Crippen molar-refractivity contribution in [2.45, 2.75) is 19.5 Å². The summed E-state index contributed by atoms with van der Waals surface area (Å²) < 4.78 is 38.8. The van der Waals surface area contributed by atoms with Crippen LogP contribution in [0.15, 0.2) is 96.1 Å². The second-order valence-corrected chi connectivity index (χ2v) is 8.59. The van der Waals surface area contributed by atoms with Gasteiger partial charge in [-0.2, -0.15) is 13.2 Å². The standard InChI is InChI=1S/C29H23F3N6/c1-19-26-13-12-24(36-22-7-3-2-4-8-22)17-27(26)38-28(35-19)33-15-14-21-10-11-25(18-34-21)37-23-9-5-6-20(16-23)29(30,31)32/h2-13,15-18,36-37H,14H2,1H3. The van der Waals surface area contributed by atoms with Crippen LogP contribution < -0.4 is 10.6 Å². The number of halogens is 3. The van der Waals surface area contributed by atoms with Crippen molar-refractivity contribution >= 4 is 45.8 Å². The third-order valence-corrected chi connectivity index (χ3v) is 5.75. The van der Waals surface area contributed by atoms with Crippen LogP contribution in [0, 0.1) is 6.92 Å². The highest BCUT2D eigenvalue weighted by atomic mass is 19.4. The number of anilines is 4. The van der Waals surface area contributed by atoms with Crippen LogP contribution in [-0.4, -0.2) is 21.2 Å². The maximum absolute atomic E-state index is 12.9. The number of para-hydroxylation sites is 1. The molecular formula is C29H23F3N6. The molecule has 38 heavy (non-hydrogen) atoms. The van der Waals surface area contributed by atoms with Crippen molar-refractivity contribution in [1.29, 1.82) is 0 Å². The van der Waals surface area contributed by atoms with Crippen molar-refractivity contribution in [3.63, 3.8) is 0 Å². The zero-order valence-corrected chi connectivity index (χ0v) is 20.4. The lowest BCUT2D eigenvalue weighted by molar-refractivity contribution is -0.137. The molecule has 0 radical (unpaired) electrons. The third-order valence-electron chi connectivity index (χ3n) is 5.75. The summed E-state index contributed by atoms with van der Waals surface area (Å²) >= 11 is 0. The Hall–Kier alpha value is -4.79. The molecule has 9 heteroatoms. The van der Waals surface area contributed by atoms with Gasteiger partial charge in [-0.15, -0.1) is 0 Å². The molecule has 5 rings (SSSR count). The van der Waals surface area contributed by atoms with E-state index in [4.69, 9.17) is 0 Å². The van der Waals surface area contributed by atoms with E-state index >= 15 is 0 Å². The van der Waals surface area contributed by atoms with Gasteiger partial charge in [0.05, 0.1) is 28.7 Å². The summed E-state index contributed by atoms with van der Waals surface area (Å²) in [4.78, 5) is 17.9. The average molecular weight is 513 g/mol. The molecule has 0 spiro atoms. The molecule has 2 N–H and O–H groups in total. The molecule has 2 heterocycles. The second kappa shape index (κ2) is 10.7. The van der Waals surface area contributed by atoms with Crippen LogP contribution in [0.2, 0.25) is 0 Å². The van der Waals surface area contributed by atoms with Gasteiger partial charge in [0.2, 0.25) is 5.95 Å². The molecule has 0 fully saturated rings. The average Bonchev–Trinajstić information content (AvgIpc) is 2.90. The van der Waals surface area contributed by atoms with E-state index in [1.165, 1.54) is 6.07 Å². The van der Waals surface area contributed by atoms with Crippen LogP contribution in [0.25, 0.3) is 10.9 Å². The Balaban J connectivity index is 1.25. The molecule has 2 aromatic heterocycles. The van der Waals surface area contributed by atoms with Crippen molar-refractivity contribution in [2.75, 3.05) is 10.6 Å². The summed E-state index contributed by atoms with van der Waals surface area (Å²) in [5.41, 5.74) is 4.47. The highest BCUT2D eigenvalue weighted by Gasteiger charge is 2.30. The lowest BCUT2D eigenvalue weighted by atomic mass is 10.1. The largest absolute Gasteiger partial charge is 0.416 e. The summed E-state index contributed by atoms with van der Waals surface area (Å²) in [5, 5.41) is 7.27. The van der Waals surface area contributed by atoms with E-state index in [1.807, 2.05) is 55.5 Å². The van der Waals surface area contributed by atoms with Gasteiger partial charge in [-0.3, -0.25) is 4.98 Å². The van der Waals surface area contributed by atoms with Crippen LogP contribution in [0.1, 0.15) is 17.0 Å². The minimum atomic E-state index is -4.40. The van der Waals surface area contributed by atoms with Crippen molar-refractivity contribution in [2.24, 2.45) is 4.99 Å². The molecule has 0 bridgehead atoms. The maximum atomic E-state index is 12.9. The fraction of sp³-hybridized carbons (Fsp3) is 0.103. The van der Waals surface area contributed by atoms with Crippen LogP contribution in [0.5, 0.6) is 0 Å². The van der Waals surface area contributed by atoms with Gasteiger partial charge < -0.3 is 10.6 Å². The molecule has 0 amide bonds. The molecular weight excluding hydrogens is 489 g/mol. The van der Waals surface area contributed by atoms with Gasteiger partial charge in [-0.25, -0.2) is 15.0 Å². The van der Waals surface area contributed by atoms with E-state index < -0.39 is 11.7 Å². The van der Waals surface area contributed by atoms with Gasteiger partial charge in [0, 0.05) is 40.8 Å². The van der Waals surface area contributed by atoms with E-state index in [0.717, 1.165) is 45.8 Å². The lowest BCUT2D eigenvalue weighted by Gasteiger charge is -2.10. The SMILES string of the molecule is Cc1nc(N=CCc2ccc(Nc3cccc(C(F)(F)F)c3)cn2)nc2cc(Nc3ccccc3)ccc12. The van der Waals surface area contributed by atoms with Crippen molar-refractivity contribution in [1.82, 2.24) is 15.0 Å². The van der Waals surface area contributed by atoms with Gasteiger partial charge >= 0.3 is 6.18 Å². The Bertz CT molecular complexity index is 1580. The first kappa shape index (κ1) is 24.9. The number of rotatable bonds is 7. The smallest absolute Gasteiger partial charge is 0.355 e. The highest BCUT2D eigenvalue weighted by molar-refractivity contribution is 5.86. The molecule has 0 aliphatic rings. The van der Waals surface area contributed by atoms with E-state index in [1.54, 1.807) is 30.6 Å². The van der Waals surface area contributed by atoms with Gasteiger partial charge in [0.15, 0.2) is 0 Å². The Kier molecular flexibility index (Phi) is 6.99. The maximum Gasteiger partial charge on any atom is 0.416 e. The first-order valence-corrected chi connectivity index (χ1v) is 11.9. The molecule has 3 aromatic carbocycles. The second-order valence-electron chi connectivity index (χ2n) is 8.59. The molecule has 0 unspecified atom stereocenters. The van der Waals surface area contributed by atoms with Crippen LogP contribution in [0.3, 0.4) is 0 Å². The molecule has 0 aliphatic heterocycles. The number of pyridine rings is 1. The predicted molar refractivity (Wildman–Crippen MR) is 145 cm³/mol. The Labute approximate surface area is 217 Å². The van der Waals surface area contributed by atoms with Crippen molar-refractivity contribution in [3.8, 4) is 0 Å². The van der Waals surface area contributed by atoms with Gasteiger partial charge in [-0.1, -0.05) is 24.3 Å². The molecule has 0 atom stereocenters. The van der Waals surface area contributed by atoms with Gasteiger partial charge in [0.25, 0.3) is 0 Å². The molecule has 190 valence electrons. The van der Waals surface area contributed by atoms with E-state index in [-0.39, 0.29) is 0 Å². The number of nitrogens with one attached hydrogen (secondary N) is 2. The zero-order chi connectivity index (χ0) is 26.5. The molecule has 0 saturated carbocycles. The number of aliphatic imine (C=N–C) groups is 1. The first-order chi connectivity index (χ1) is 18.3. The number of alkyl halides is 3. The summed E-state index contributed by atoms with van der Waals surface area (Å²) in [6, 6.07) is 24.4. The van der Waals surface area contributed by atoms with Crippen LogP contribution >= 0.6 is 0 Å². The topological polar surface area (TPSA) is 75.1 Å². The Morgan fingerprint density at radius 1 is 0.789 bits per heavy atom. The van der Waals surface area contributed by atoms with Crippen molar-refractivity contribution in [3.05, 3.63) is 108 Å². The Morgan fingerprint density at radius 3 is 2.29 bits per heavy atom. The summed E-state index contributed by atoms with van der Waals surface area (Å²) in [7, 11) is 0. The quantitative estimate of drug-likeness (QED) is 0.218. The van der Waals surface area contributed by atoms with Crippen molar-refractivity contribution < 1.29 is 13.2 Å². The lowest BCUT2D eigenvalue weighted by Crippen LogP contribution is -2.05. The number of hydrogen-bond donors (Lipinski definition) is 2. The summed E-state index contributed by atoms with van der Waals surface area (Å²) in [5.74, 6) is 0.356. The number of nitrogens with zero attached hydrogens (tertiary/aromatic N) is 4. The monoisotopic (exact) mass is 512 g/mol. The molecule has 5 aromatic rings. The number of benzene rings is 3. The third kappa shape index (κ3) is 6.12. The van der Waals surface area contributed by atoms with Crippen LogP contribution in [-0.2, 0) is 12.6 Å². The fourth-order valence-corrected chi connectivity index (χ4v) is 3.88. The number of fused-ring (bicyclic) bond motifs is 1. The van der Waals surface area contributed by atoms with Gasteiger partial charge in [-0.05, 0) is 67.6 Å². The van der Waals surface area contributed by atoms with E-state index in [2.05, 4.69) is 30.6 Å². The zero-order valence-electron chi connectivity index (χ0n) is 20.4. The minimum Gasteiger partial charge on any atom is -0.355 e. The summed E-state index contributed by atoms with van der Waals surface area (Å²) in [6.07, 6.45) is -0.691. The van der Waals surface area contributed by atoms with E-state index in [9.17, 15) is 13.2 Å². The van der Waals surface area contributed by atoms with Crippen LogP contribution in [0.4, 0.5) is 41.9 Å². The Morgan fingerprint density at radius 2 is 1.53 bits per heavy atom. The predicted octanol–water partition coefficient (Wildman–Crippen LogP) is 7.78. The number of aromatic nitrogens is 3.